The van der Waals surface area contributed by atoms with Gasteiger partial charge >= 0.3 is 6.09 Å². The molecule has 152 valence electrons. The smallest absolute Gasteiger partial charge is 0.409 e. The molecule has 0 unspecified atom stereocenters. The SMILES string of the molecule is CCOC(=O)N1CCN(C(=O)c2ccc(C(=O)N3CCC(C)CC3)cc2)CC1. The maximum Gasteiger partial charge on any atom is 0.409 e. The third-order valence-corrected chi connectivity index (χ3v) is 5.54. The van der Waals surface area contributed by atoms with E-state index in [0.29, 0.717) is 49.8 Å². The largest absolute Gasteiger partial charge is 0.450 e. The van der Waals surface area contributed by atoms with E-state index in [0.717, 1.165) is 25.9 Å². The van der Waals surface area contributed by atoms with Gasteiger partial charge in [0.1, 0.15) is 0 Å². The van der Waals surface area contributed by atoms with Crippen LogP contribution in [0.1, 0.15) is 47.4 Å². The Labute approximate surface area is 166 Å². The predicted octanol–water partition coefficient (Wildman–Crippen LogP) is 2.47. The van der Waals surface area contributed by atoms with Crippen molar-refractivity contribution in [2.75, 3.05) is 45.9 Å². The molecule has 0 atom stereocenters. The number of nitrogens with zero attached hydrogens (tertiary/aromatic N) is 3. The molecule has 0 bridgehead atoms. The van der Waals surface area contributed by atoms with E-state index in [1.165, 1.54) is 0 Å². The van der Waals surface area contributed by atoms with Crippen molar-refractivity contribution in [2.45, 2.75) is 26.7 Å². The number of piperidine rings is 1. The Kier molecular flexibility index (Phi) is 6.54. The van der Waals surface area contributed by atoms with Crippen molar-refractivity contribution in [1.82, 2.24) is 14.7 Å². The highest BCUT2D eigenvalue weighted by Crippen LogP contribution is 2.19. The first kappa shape index (κ1) is 20.2. The lowest BCUT2D eigenvalue weighted by molar-refractivity contribution is 0.0570. The summed E-state index contributed by atoms with van der Waals surface area (Å²) in [6, 6.07) is 6.92. The van der Waals surface area contributed by atoms with Gasteiger partial charge in [-0.25, -0.2) is 4.79 Å². The predicted molar refractivity (Wildman–Crippen MR) is 105 cm³/mol. The number of carbonyl (C=O) groups excluding carboxylic acids is 3. The maximum atomic E-state index is 12.7. The van der Waals surface area contributed by atoms with Crippen LogP contribution in [0.25, 0.3) is 0 Å². The van der Waals surface area contributed by atoms with E-state index < -0.39 is 0 Å². The summed E-state index contributed by atoms with van der Waals surface area (Å²) in [5.41, 5.74) is 1.19. The molecule has 2 saturated heterocycles. The Hall–Kier alpha value is -2.57. The Morgan fingerprint density at radius 1 is 0.821 bits per heavy atom. The van der Waals surface area contributed by atoms with Gasteiger partial charge in [0.05, 0.1) is 6.61 Å². The van der Waals surface area contributed by atoms with E-state index in [9.17, 15) is 14.4 Å². The molecule has 3 amide bonds. The lowest BCUT2D eigenvalue weighted by Gasteiger charge is -2.34. The zero-order valence-corrected chi connectivity index (χ0v) is 16.7. The Morgan fingerprint density at radius 2 is 1.25 bits per heavy atom. The molecule has 0 spiro atoms. The fourth-order valence-electron chi connectivity index (χ4n) is 3.64. The normalized spacial score (nSPS) is 18.1. The fourth-order valence-corrected chi connectivity index (χ4v) is 3.64. The molecule has 0 aliphatic carbocycles. The Morgan fingerprint density at radius 3 is 1.71 bits per heavy atom. The topological polar surface area (TPSA) is 70.2 Å². The number of carbonyl (C=O) groups is 3. The van der Waals surface area contributed by atoms with Crippen LogP contribution < -0.4 is 0 Å². The van der Waals surface area contributed by atoms with E-state index in [1.807, 2.05) is 4.90 Å². The maximum absolute atomic E-state index is 12.7. The van der Waals surface area contributed by atoms with E-state index in [4.69, 9.17) is 4.74 Å². The summed E-state index contributed by atoms with van der Waals surface area (Å²) in [5, 5.41) is 0. The molecule has 0 saturated carbocycles. The van der Waals surface area contributed by atoms with Gasteiger partial charge in [-0.3, -0.25) is 9.59 Å². The average Bonchev–Trinajstić information content (AvgIpc) is 2.74. The molecular weight excluding hydrogens is 358 g/mol. The van der Waals surface area contributed by atoms with Crippen molar-refractivity contribution < 1.29 is 19.1 Å². The molecule has 2 fully saturated rings. The van der Waals surface area contributed by atoms with Crippen molar-refractivity contribution in [3.8, 4) is 0 Å². The van der Waals surface area contributed by atoms with E-state index >= 15 is 0 Å². The van der Waals surface area contributed by atoms with Gasteiger partial charge in [0, 0.05) is 50.4 Å². The highest BCUT2D eigenvalue weighted by molar-refractivity contribution is 5.98. The summed E-state index contributed by atoms with van der Waals surface area (Å²) in [7, 11) is 0. The van der Waals surface area contributed by atoms with Gasteiger partial charge in [0.15, 0.2) is 0 Å². The quantitative estimate of drug-likeness (QED) is 0.799. The van der Waals surface area contributed by atoms with Crippen LogP contribution in [-0.2, 0) is 4.74 Å². The second-order valence-corrected chi connectivity index (χ2v) is 7.53. The number of hydrogen-bond donors (Lipinski definition) is 0. The molecule has 1 aromatic rings. The second kappa shape index (κ2) is 9.08. The molecule has 28 heavy (non-hydrogen) atoms. The van der Waals surface area contributed by atoms with Crippen LogP contribution in [0, 0.1) is 5.92 Å². The van der Waals surface area contributed by atoms with Crippen LogP contribution in [0.4, 0.5) is 4.79 Å². The molecule has 0 aromatic heterocycles. The van der Waals surface area contributed by atoms with Gasteiger partial charge in [0.2, 0.25) is 0 Å². The number of amides is 3. The molecule has 2 heterocycles. The molecular formula is C21H29N3O4. The van der Waals surface area contributed by atoms with Gasteiger partial charge in [0.25, 0.3) is 11.8 Å². The van der Waals surface area contributed by atoms with E-state index in [-0.39, 0.29) is 17.9 Å². The van der Waals surface area contributed by atoms with Gasteiger partial charge in [-0.2, -0.15) is 0 Å². The van der Waals surface area contributed by atoms with Crippen molar-refractivity contribution in [2.24, 2.45) is 5.92 Å². The first-order chi connectivity index (χ1) is 13.5. The van der Waals surface area contributed by atoms with Crippen LogP contribution >= 0.6 is 0 Å². The summed E-state index contributed by atoms with van der Waals surface area (Å²) in [4.78, 5) is 42.3. The van der Waals surface area contributed by atoms with Crippen LogP contribution in [0.5, 0.6) is 0 Å². The minimum Gasteiger partial charge on any atom is -0.450 e. The first-order valence-corrected chi connectivity index (χ1v) is 10.1. The van der Waals surface area contributed by atoms with Crippen LogP contribution in [0.2, 0.25) is 0 Å². The molecule has 7 nitrogen and oxygen atoms in total. The van der Waals surface area contributed by atoms with Crippen molar-refractivity contribution in [1.29, 1.82) is 0 Å². The van der Waals surface area contributed by atoms with E-state index in [2.05, 4.69) is 6.92 Å². The zero-order valence-electron chi connectivity index (χ0n) is 16.7. The Balaban J connectivity index is 1.55. The summed E-state index contributed by atoms with van der Waals surface area (Å²) < 4.78 is 5.00. The van der Waals surface area contributed by atoms with Crippen LogP contribution in [0.15, 0.2) is 24.3 Å². The molecule has 7 heteroatoms. The minimum absolute atomic E-state index is 0.0361. The minimum atomic E-state index is -0.329. The molecule has 2 aliphatic heterocycles. The number of benzene rings is 1. The monoisotopic (exact) mass is 387 g/mol. The highest BCUT2D eigenvalue weighted by atomic mass is 16.6. The van der Waals surface area contributed by atoms with Crippen molar-refractivity contribution in [3.05, 3.63) is 35.4 Å². The standard InChI is InChI=1S/C21H29N3O4/c1-3-28-21(27)24-14-12-23(13-15-24)20(26)18-6-4-17(5-7-18)19(25)22-10-8-16(2)9-11-22/h4-7,16H,3,8-15H2,1-2H3. The van der Waals surface area contributed by atoms with E-state index in [1.54, 1.807) is 41.0 Å². The van der Waals surface area contributed by atoms with Gasteiger partial charge in [-0.05, 0) is 49.9 Å². The third kappa shape index (κ3) is 4.64. The highest BCUT2D eigenvalue weighted by Gasteiger charge is 2.26. The van der Waals surface area contributed by atoms with Crippen LogP contribution in [-0.4, -0.2) is 78.5 Å². The average molecular weight is 387 g/mol. The van der Waals surface area contributed by atoms with Gasteiger partial charge < -0.3 is 19.4 Å². The molecule has 0 radical (unpaired) electrons. The third-order valence-electron chi connectivity index (χ3n) is 5.54. The van der Waals surface area contributed by atoms with Gasteiger partial charge in [-0.15, -0.1) is 0 Å². The summed E-state index contributed by atoms with van der Waals surface area (Å²) in [6.07, 6.45) is 1.75. The first-order valence-electron chi connectivity index (χ1n) is 10.1. The number of ether oxygens (including phenoxy) is 1. The lowest BCUT2D eigenvalue weighted by Crippen LogP contribution is -2.50. The van der Waals surface area contributed by atoms with Gasteiger partial charge in [-0.1, -0.05) is 6.92 Å². The summed E-state index contributed by atoms with van der Waals surface area (Å²) >= 11 is 0. The van der Waals surface area contributed by atoms with Crippen molar-refractivity contribution >= 4 is 17.9 Å². The molecule has 3 rings (SSSR count). The fraction of sp³-hybridized carbons (Fsp3) is 0.571. The summed E-state index contributed by atoms with van der Waals surface area (Å²) in [5.74, 6) is 0.636. The number of likely N-dealkylation sites (tertiary alicyclic amines) is 1. The zero-order chi connectivity index (χ0) is 20.1. The Bertz CT molecular complexity index is 703. The number of piperazine rings is 1. The second-order valence-electron chi connectivity index (χ2n) is 7.53. The molecule has 1 aromatic carbocycles. The molecule has 2 aliphatic rings. The number of hydrogen-bond acceptors (Lipinski definition) is 4. The van der Waals surface area contributed by atoms with Crippen LogP contribution in [0.3, 0.4) is 0 Å². The molecule has 0 N–H and O–H groups in total. The lowest BCUT2D eigenvalue weighted by atomic mass is 9.98. The number of rotatable bonds is 3. The summed E-state index contributed by atoms with van der Waals surface area (Å²) in [6.45, 7) is 7.82. The van der Waals surface area contributed by atoms with Crippen molar-refractivity contribution in [3.63, 3.8) is 0 Å².